The summed E-state index contributed by atoms with van der Waals surface area (Å²) in [6.45, 7) is 5.85. The number of aryl methyl sites for hydroxylation is 1. The van der Waals surface area contributed by atoms with Gasteiger partial charge in [-0.2, -0.15) is 0 Å². The van der Waals surface area contributed by atoms with Crippen molar-refractivity contribution in [2.45, 2.75) is 45.3 Å². The van der Waals surface area contributed by atoms with Gasteiger partial charge in [0.2, 0.25) is 0 Å². The number of hydrogen-bond donors (Lipinski definition) is 2. The molecule has 0 radical (unpaired) electrons. The van der Waals surface area contributed by atoms with E-state index in [0.717, 1.165) is 16.7 Å². The van der Waals surface area contributed by atoms with Crippen LogP contribution in [0, 0.1) is 0 Å². The van der Waals surface area contributed by atoms with Crippen LogP contribution in [0.2, 0.25) is 5.15 Å². The maximum absolute atomic E-state index is 12.9. The minimum Gasteiger partial charge on any atom is -0.496 e. The second kappa shape index (κ2) is 12.8. The first kappa shape index (κ1) is 28.9. The van der Waals surface area contributed by atoms with E-state index in [1.807, 2.05) is 24.3 Å². The lowest BCUT2D eigenvalue weighted by molar-refractivity contribution is 0.0141. The highest BCUT2D eigenvalue weighted by Gasteiger charge is 2.24. The molecule has 202 valence electrons. The van der Waals surface area contributed by atoms with Crippen molar-refractivity contribution < 1.29 is 29.3 Å². The molecule has 1 aromatic heterocycles. The quantitative estimate of drug-likeness (QED) is 0.303. The van der Waals surface area contributed by atoms with Crippen LogP contribution in [0.25, 0.3) is 11.1 Å². The Hall–Kier alpha value is -3.62. The van der Waals surface area contributed by atoms with E-state index in [1.54, 1.807) is 45.0 Å². The minimum atomic E-state index is -1.01. The second-order valence-corrected chi connectivity index (χ2v) is 10.3. The topological polar surface area (TPSA) is 109 Å². The van der Waals surface area contributed by atoms with Gasteiger partial charge in [0.25, 0.3) is 0 Å². The van der Waals surface area contributed by atoms with Crippen molar-refractivity contribution in [2.24, 2.45) is 0 Å². The number of carboxylic acids is 1. The number of nitrogens with zero attached hydrogens (tertiary/aromatic N) is 2. The largest absolute Gasteiger partial charge is 0.496 e. The Morgan fingerprint density at radius 2 is 1.79 bits per heavy atom. The molecule has 0 unspecified atom stereocenters. The molecule has 3 aromatic rings. The Morgan fingerprint density at radius 1 is 1.08 bits per heavy atom. The van der Waals surface area contributed by atoms with Gasteiger partial charge in [-0.15, -0.1) is 0 Å². The summed E-state index contributed by atoms with van der Waals surface area (Å²) in [5, 5.41) is 20.2. The Balaban J connectivity index is 1.66. The van der Waals surface area contributed by atoms with Crippen LogP contribution in [0.5, 0.6) is 5.75 Å². The predicted octanol–water partition coefficient (Wildman–Crippen LogP) is 6.01. The van der Waals surface area contributed by atoms with Crippen LogP contribution >= 0.6 is 11.6 Å². The Kier molecular flexibility index (Phi) is 9.72. The molecule has 0 bridgehead atoms. The average molecular weight is 541 g/mol. The number of carbonyl (C=O) groups is 2. The van der Waals surface area contributed by atoms with Crippen molar-refractivity contribution in [3.8, 4) is 16.9 Å². The molecule has 8 nitrogen and oxygen atoms in total. The smallest absolute Gasteiger partial charge is 0.410 e. The molecule has 0 aliphatic heterocycles. The summed E-state index contributed by atoms with van der Waals surface area (Å²) in [6.07, 6.45) is 1.42. The number of aromatic carboxylic acids is 1. The summed E-state index contributed by atoms with van der Waals surface area (Å²) < 4.78 is 11.0. The third kappa shape index (κ3) is 8.19. The van der Waals surface area contributed by atoms with Gasteiger partial charge < -0.3 is 24.6 Å². The fourth-order valence-corrected chi connectivity index (χ4v) is 3.98. The lowest BCUT2D eigenvalue weighted by atomic mass is 10.00. The number of carboxylic acid groups (broad SMARTS) is 1. The molecular weight excluding hydrogens is 508 g/mol. The van der Waals surface area contributed by atoms with E-state index in [1.165, 1.54) is 24.3 Å². The number of aromatic nitrogens is 1. The molecule has 38 heavy (non-hydrogen) atoms. The first-order valence-corrected chi connectivity index (χ1v) is 12.6. The van der Waals surface area contributed by atoms with Gasteiger partial charge in [0, 0.05) is 23.9 Å². The average Bonchev–Trinajstić information content (AvgIpc) is 2.87. The lowest BCUT2D eigenvalue weighted by Gasteiger charge is -2.29. The minimum absolute atomic E-state index is 0.0588. The van der Waals surface area contributed by atoms with Crippen LogP contribution in [-0.2, 0) is 11.2 Å². The number of pyridine rings is 1. The molecule has 1 heterocycles. The van der Waals surface area contributed by atoms with Gasteiger partial charge in [-0.25, -0.2) is 14.6 Å². The standard InChI is InChI=1S/C29H33ClN2O6/c1-29(2,3)38-28(36)32(18-24(33)22-12-14-26(30)31-17-22)15-5-6-19-7-9-20(10-8-19)23-13-11-21(27(34)35)16-25(23)37-4/h7-14,16-17,24,33H,5-6,15,18H2,1-4H3,(H,34,35)/t24-/m0/s1. The number of methoxy groups -OCH3 is 1. The molecule has 2 N–H and O–H groups in total. The summed E-state index contributed by atoms with van der Waals surface area (Å²) in [4.78, 5) is 29.6. The number of carbonyl (C=O) groups excluding carboxylic acids is 1. The third-order valence-electron chi connectivity index (χ3n) is 5.79. The fourth-order valence-electron chi connectivity index (χ4n) is 3.87. The van der Waals surface area contributed by atoms with Crippen LogP contribution in [0.1, 0.15) is 54.8 Å². The van der Waals surface area contributed by atoms with Crippen LogP contribution in [0.3, 0.4) is 0 Å². The predicted molar refractivity (Wildman–Crippen MR) is 146 cm³/mol. The Bertz CT molecular complexity index is 1240. The van der Waals surface area contributed by atoms with Gasteiger partial charge in [-0.3, -0.25) is 0 Å². The zero-order valence-corrected chi connectivity index (χ0v) is 22.7. The highest BCUT2D eigenvalue weighted by atomic mass is 35.5. The van der Waals surface area contributed by atoms with E-state index < -0.39 is 23.8 Å². The number of benzene rings is 2. The fraction of sp³-hybridized carbons (Fsp3) is 0.345. The van der Waals surface area contributed by atoms with Crippen molar-refractivity contribution >= 4 is 23.7 Å². The molecule has 3 rings (SSSR count). The maximum Gasteiger partial charge on any atom is 0.410 e. The van der Waals surface area contributed by atoms with Crippen LogP contribution in [0.4, 0.5) is 4.79 Å². The zero-order valence-electron chi connectivity index (χ0n) is 22.0. The summed E-state index contributed by atoms with van der Waals surface area (Å²) in [5.41, 5.74) is 2.83. The number of rotatable bonds is 10. The molecule has 2 aromatic carbocycles. The molecule has 1 amide bonds. The zero-order chi connectivity index (χ0) is 27.9. The maximum atomic E-state index is 12.9. The number of hydrogen-bond acceptors (Lipinski definition) is 6. The van der Waals surface area contributed by atoms with Gasteiger partial charge in [0.05, 0.1) is 25.3 Å². The Morgan fingerprint density at radius 3 is 2.37 bits per heavy atom. The number of amides is 1. The van der Waals surface area contributed by atoms with E-state index in [9.17, 15) is 19.8 Å². The van der Waals surface area contributed by atoms with Gasteiger partial charge in [0.15, 0.2) is 0 Å². The van der Waals surface area contributed by atoms with Crippen molar-refractivity contribution in [1.82, 2.24) is 9.88 Å². The summed E-state index contributed by atoms with van der Waals surface area (Å²) in [5.74, 6) is -0.525. The molecule has 1 atom stereocenters. The number of halogens is 1. The van der Waals surface area contributed by atoms with Gasteiger partial charge in [-0.05, 0) is 69.0 Å². The normalized spacial score (nSPS) is 12.1. The summed E-state index contributed by atoms with van der Waals surface area (Å²) in [6, 6.07) is 16.0. The van der Waals surface area contributed by atoms with Crippen molar-refractivity contribution in [3.05, 3.63) is 82.6 Å². The van der Waals surface area contributed by atoms with Crippen LogP contribution in [0.15, 0.2) is 60.8 Å². The molecule has 0 fully saturated rings. The van der Waals surface area contributed by atoms with Gasteiger partial charge in [-0.1, -0.05) is 41.9 Å². The third-order valence-corrected chi connectivity index (χ3v) is 6.01. The first-order chi connectivity index (χ1) is 18.0. The van der Waals surface area contributed by atoms with Crippen molar-refractivity contribution in [1.29, 1.82) is 0 Å². The van der Waals surface area contributed by atoms with E-state index in [2.05, 4.69) is 4.98 Å². The Labute approximate surface area is 227 Å². The van der Waals surface area contributed by atoms with Crippen LogP contribution < -0.4 is 4.74 Å². The monoisotopic (exact) mass is 540 g/mol. The highest BCUT2D eigenvalue weighted by molar-refractivity contribution is 6.29. The second-order valence-electron chi connectivity index (χ2n) is 9.88. The summed E-state index contributed by atoms with van der Waals surface area (Å²) >= 11 is 5.84. The van der Waals surface area contributed by atoms with E-state index in [4.69, 9.17) is 21.1 Å². The number of aliphatic hydroxyl groups excluding tert-OH is 1. The van der Waals surface area contributed by atoms with E-state index in [-0.39, 0.29) is 12.1 Å². The molecule has 9 heteroatoms. The number of aliphatic hydroxyl groups is 1. The molecule has 0 aliphatic carbocycles. The van der Waals surface area contributed by atoms with Crippen molar-refractivity contribution in [3.63, 3.8) is 0 Å². The molecule has 0 saturated heterocycles. The molecule has 0 aliphatic rings. The van der Waals surface area contributed by atoms with E-state index in [0.29, 0.717) is 35.9 Å². The van der Waals surface area contributed by atoms with Gasteiger partial charge in [0.1, 0.15) is 16.5 Å². The van der Waals surface area contributed by atoms with E-state index >= 15 is 0 Å². The van der Waals surface area contributed by atoms with Gasteiger partial charge >= 0.3 is 12.1 Å². The van der Waals surface area contributed by atoms with Crippen LogP contribution in [-0.4, -0.2) is 58.0 Å². The lowest BCUT2D eigenvalue weighted by Crippen LogP contribution is -2.40. The summed E-state index contributed by atoms with van der Waals surface area (Å²) in [7, 11) is 1.51. The number of ether oxygens (including phenoxy) is 2. The SMILES string of the molecule is COc1cc(C(=O)O)ccc1-c1ccc(CCCN(C[C@H](O)c2ccc(Cl)nc2)C(=O)OC(C)(C)C)cc1. The molecule has 0 saturated carbocycles. The molecular formula is C29H33ClN2O6. The van der Waals surface area contributed by atoms with Crippen molar-refractivity contribution in [2.75, 3.05) is 20.2 Å². The molecule has 0 spiro atoms. The highest BCUT2D eigenvalue weighted by Crippen LogP contribution is 2.31. The first-order valence-electron chi connectivity index (χ1n) is 12.2.